The van der Waals surface area contributed by atoms with Crippen LogP contribution in [0.1, 0.15) is 33.1 Å². The van der Waals surface area contributed by atoms with E-state index in [0.29, 0.717) is 12.1 Å². The zero-order valence-corrected chi connectivity index (χ0v) is 14.1. The van der Waals surface area contributed by atoms with Crippen molar-refractivity contribution in [3.05, 3.63) is 32.8 Å². The van der Waals surface area contributed by atoms with Crippen LogP contribution in [0, 0.1) is 10.1 Å². The van der Waals surface area contributed by atoms with Gasteiger partial charge >= 0.3 is 0 Å². The summed E-state index contributed by atoms with van der Waals surface area (Å²) in [5.41, 5.74) is 1.13. The van der Waals surface area contributed by atoms with Gasteiger partial charge in [-0.2, -0.15) is 0 Å². The third-order valence-electron chi connectivity index (χ3n) is 3.90. The van der Waals surface area contributed by atoms with Crippen molar-refractivity contribution >= 4 is 27.3 Å². The molecule has 1 heterocycles. The number of halogens is 1. The number of anilines is 1. The molecule has 1 unspecified atom stereocenters. The van der Waals surface area contributed by atoms with E-state index in [1.54, 1.807) is 12.1 Å². The molecule has 2 rings (SSSR count). The first-order valence-electron chi connectivity index (χ1n) is 7.43. The minimum atomic E-state index is -0.364. The zero-order chi connectivity index (χ0) is 15.4. The highest BCUT2D eigenvalue weighted by molar-refractivity contribution is 9.10. The van der Waals surface area contributed by atoms with E-state index in [-0.39, 0.29) is 10.6 Å². The Hall–Kier alpha value is -1.14. The first-order valence-corrected chi connectivity index (χ1v) is 8.22. The van der Waals surface area contributed by atoms with E-state index in [9.17, 15) is 10.1 Å². The van der Waals surface area contributed by atoms with E-state index in [4.69, 9.17) is 0 Å². The molecule has 6 heteroatoms. The second-order valence-electron chi connectivity index (χ2n) is 5.79. The fourth-order valence-electron chi connectivity index (χ4n) is 2.75. The highest BCUT2D eigenvalue weighted by atomic mass is 79.9. The van der Waals surface area contributed by atoms with Crippen LogP contribution in [0.15, 0.2) is 22.7 Å². The number of nitrogens with zero attached hydrogens (tertiary/aromatic N) is 2. The maximum absolute atomic E-state index is 10.8. The predicted octanol–water partition coefficient (Wildman–Crippen LogP) is 3.71. The van der Waals surface area contributed by atoms with Crippen LogP contribution in [0.5, 0.6) is 0 Å². The van der Waals surface area contributed by atoms with Gasteiger partial charge in [0.05, 0.1) is 10.6 Å². The molecule has 1 aliphatic rings. The molecule has 1 aromatic carbocycles. The Morgan fingerprint density at radius 1 is 1.48 bits per heavy atom. The summed E-state index contributed by atoms with van der Waals surface area (Å²) in [6.45, 7) is 6.31. The molecule has 1 fully saturated rings. The van der Waals surface area contributed by atoms with Gasteiger partial charge in [0.1, 0.15) is 0 Å². The van der Waals surface area contributed by atoms with Gasteiger partial charge in [-0.25, -0.2) is 0 Å². The van der Waals surface area contributed by atoms with Crippen molar-refractivity contribution in [1.82, 2.24) is 5.32 Å². The summed E-state index contributed by atoms with van der Waals surface area (Å²) in [7, 11) is 0. The second kappa shape index (κ2) is 7.22. The van der Waals surface area contributed by atoms with Gasteiger partial charge in [0.15, 0.2) is 0 Å². The number of hydrogen-bond acceptors (Lipinski definition) is 4. The minimum Gasteiger partial charge on any atom is -0.367 e. The Morgan fingerprint density at radius 3 is 2.76 bits per heavy atom. The second-order valence-corrected chi connectivity index (χ2v) is 6.64. The lowest BCUT2D eigenvalue weighted by molar-refractivity contribution is -0.384. The van der Waals surface area contributed by atoms with Gasteiger partial charge < -0.3 is 10.2 Å². The SMILES string of the molecule is CC(C)N(CC1CCCCN1)c1ccc([N+](=O)[O-])cc1Br. The lowest BCUT2D eigenvalue weighted by Crippen LogP contribution is -2.46. The van der Waals surface area contributed by atoms with Crippen LogP contribution in [0.2, 0.25) is 0 Å². The Labute approximate surface area is 134 Å². The van der Waals surface area contributed by atoms with Crippen molar-refractivity contribution in [1.29, 1.82) is 0 Å². The quantitative estimate of drug-likeness (QED) is 0.645. The van der Waals surface area contributed by atoms with Crippen LogP contribution < -0.4 is 10.2 Å². The van der Waals surface area contributed by atoms with Crippen LogP contribution in [0.4, 0.5) is 11.4 Å². The van der Waals surface area contributed by atoms with E-state index >= 15 is 0 Å². The maximum Gasteiger partial charge on any atom is 0.270 e. The van der Waals surface area contributed by atoms with Crippen LogP contribution in [0.25, 0.3) is 0 Å². The fourth-order valence-corrected chi connectivity index (χ4v) is 3.34. The average molecular weight is 356 g/mol. The monoisotopic (exact) mass is 355 g/mol. The number of nitrogens with one attached hydrogen (secondary N) is 1. The molecule has 0 amide bonds. The van der Waals surface area contributed by atoms with Crippen molar-refractivity contribution in [2.75, 3.05) is 18.0 Å². The van der Waals surface area contributed by atoms with Crippen LogP contribution in [0.3, 0.4) is 0 Å². The van der Waals surface area contributed by atoms with Crippen molar-refractivity contribution in [2.45, 2.75) is 45.2 Å². The Kier molecular flexibility index (Phi) is 5.58. The van der Waals surface area contributed by atoms with Gasteiger partial charge in [-0.3, -0.25) is 10.1 Å². The molecule has 0 spiro atoms. The molecular weight excluding hydrogens is 334 g/mol. The number of rotatable bonds is 5. The summed E-state index contributed by atoms with van der Waals surface area (Å²) >= 11 is 3.48. The molecule has 0 radical (unpaired) electrons. The first kappa shape index (κ1) is 16.2. The molecule has 5 nitrogen and oxygen atoms in total. The van der Waals surface area contributed by atoms with E-state index in [2.05, 4.69) is 40.0 Å². The zero-order valence-electron chi connectivity index (χ0n) is 12.5. The standard InChI is InChI=1S/C15H22BrN3O2/c1-11(2)18(10-12-5-3-4-8-17-12)15-7-6-13(19(20)21)9-14(15)16/h6-7,9,11-12,17H,3-5,8,10H2,1-2H3. The molecule has 1 N–H and O–H groups in total. The van der Waals surface area contributed by atoms with Gasteiger partial charge in [0.25, 0.3) is 5.69 Å². The molecule has 1 saturated heterocycles. The van der Waals surface area contributed by atoms with Crippen molar-refractivity contribution in [3.63, 3.8) is 0 Å². The van der Waals surface area contributed by atoms with Gasteiger partial charge in [-0.15, -0.1) is 0 Å². The molecular formula is C15H22BrN3O2. The lowest BCUT2D eigenvalue weighted by Gasteiger charge is -2.35. The lowest BCUT2D eigenvalue weighted by atomic mass is 10.0. The van der Waals surface area contributed by atoms with Gasteiger partial charge in [0, 0.05) is 35.2 Å². The summed E-state index contributed by atoms with van der Waals surface area (Å²) in [5.74, 6) is 0. The molecule has 1 aliphatic heterocycles. The topological polar surface area (TPSA) is 58.4 Å². The number of nitro groups is 1. The van der Waals surface area contributed by atoms with Crippen molar-refractivity contribution in [2.24, 2.45) is 0 Å². The molecule has 1 atom stereocenters. The largest absolute Gasteiger partial charge is 0.367 e. The van der Waals surface area contributed by atoms with E-state index in [1.165, 1.54) is 19.3 Å². The van der Waals surface area contributed by atoms with Crippen LogP contribution in [-0.2, 0) is 0 Å². The normalized spacial score (nSPS) is 18.8. The first-order chi connectivity index (χ1) is 9.99. The highest BCUT2D eigenvalue weighted by Gasteiger charge is 2.21. The third kappa shape index (κ3) is 4.17. The summed E-state index contributed by atoms with van der Waals surface area (Å²) in [6.07, 6.45) is 3.71. The van der Waals surface area contributed by atoms with E-state index < -0.39 is 0 Å². The number of hydrogen-bond donors (Lipinski definition) is 1. The Morgan fingerprint density at radius 2 is 2.24 bits per heavy atom. The predicted molar refractivity (Wildman–Crippen MR) is 88.9 cm³/mol. The molecule has 0 saturated carbocycles. The van der Waals surface area contributed by atoms with Crippen LogP contribution in [-0.4, -0.2) is 30.1 Å². The number of piperidine rings is 1. The number of benzene rings is 1. The average Bonchev–Trinajstić information content (AvgIpc) is 2.46. The van der Waals surface area contributed by atoms with Gasteiger partial charge in [-0.05, 0) is 55.2 Å². The van der Waals surface area contributed by atoms with Crippen molar-refractivity contribution in [3.8, 4) is 0 Å². The highest BCUT2D eigenvalue weighted by Crippen LogP contribution is 2.31. The molecule has 0 aromatic heterocycles. The van der Waals surface area contributed by atoms with Gasteiger partial charge in [0.2, 0.25) is 0 Å². The van der Waals surface area contributed by atoms with Crippen molar-refractivity contribution < 1.29 is 4.92 Å². The summed E-state index contributed by atoms with van der Waals surface area (Å²) < 4.78 is 0.779. The Bertz CT molecular complexity index is 502. The summed E-state index contributed by atoms with van der Waals surface area (Å²) in [5, 5.41) is 14.4. The Balaban J connectivity index is 2.19. The van der Waals surface area contributed by atoms with Gasteiger partial charge in [-0.1, -0.05) is 6.42 Å². The summed E-state index contributed by atoms with van der Waals surface area (Å²) in [6, 6.07) is 5.82. The van der Waals surface area contributed by atoms with E-state index in [0.717, 1.165) is 23.2 Å². The molecule has 21 heavy (non-hydrogen) atoms. The van der Waals surface area contributed by atoms with E-state index in [1.807, 2.05) is 6.07 Å². The molecule has 1 aromatic rings. The molecule has 0 aliphatic carbocycles. The third-order valence-corrected chi connectivity index (χ3v) is 4.54. The smallest absolute Gasteiger partial charge is 0.270 e. The van der Waals surface area contributed by atoms with Crippen LogP contribution >= 0.6 is 15.9 Å². The molecule has 116 valence electrons. The number of nitro benzene ring substituents is 1. The minimum absolute atomic E-state index is 0.116. The maximum atomic E-state index is 10.8. The molecule has 0 bridgehead atoms. The summed E-state index contributed by atoms with van der Waals surface area (Å²) in [4.78, 5) is 12.8. The fraction of sp³-hybridized carbons (Fsp3) is 0.600. The number of non-ortho nitro benzene ring substituents is 1.